The predicted octanol–water partition coefficient (Wildman–Crippen LogP) is 2.29. The van der Waals surface area contributed by atoms with E-state index >= 15 is 0 Å². The Kier molecular flexibility index (Phi) is 2.09. The molecule has 0 radical (unpaired) electrons. The minimum Gasteiger partial charge on any atom is -0.289 e. The van der Waals surface area contributed by atoms with Gasteiger partial charge in [0, 0.05) is 17.8 Å². The fraction of sp³-hybridized carbons (Fsp3) is 0. The molecule has 0 saturated carbocycles. The zero-order valence-corrected chi connectivity index (χ0v) is 8.91. The Morgan fingerprint density at radius 1 is 1.24 bits per heavy atom. The number of hydrogen-bond donors (Lipinski definition) is 0. The number of para-hydroxylation sites is 1. The van der Waals surface area contributed by atoms with Gasteiger partial charge in [-0.25, -0.2) is 9.97 Å². The second-order valence-corrected chi connectivity index (χ2v) is 3.63. The molecule has 0 bridgehead atoms. The fourth-order valence-corrected chi connectivity index (χ4v) is 1.77. The number of rotatable bonds is 1. The van der Waals surface area contributed by atoms with Crippen LogP contribution in [0.25, 0.3) is 16.7 Å². The van der Waals surface area contributed by atoms with Gasteiger partial charge in [0.1, 0.15) is 12.4 Å². The van der Waals surface area contributed by atoms with Crippen molar-refractivity contribution in [3.63, 3.8) is 0 Å². The topological polar surface area (TPSA) is 54.5 Å². The summed E-state index contributed by atoms with van der Waals surface area (Å²) in [6, 6.07) is 11.7. The van der Waals surface area contributed by atoms with Crippen LogP contribution in [0.5, 0.6) is 0 Å². The fourth-order valence-electron chi connectivity index (χ4n) is 1.77. The summed E-state index contributed by atoms with van der Waals surface area (Å²) in [6.07, 6.45) is 5.08. The van der Waals surface area contributed by atoms with Crippen LogP contribution in [0.1, 0.15) is 5.56 Å². The molecule has 3 rings (SSSR count). The highest BCUT2D eigenvalue weighted by Gasteiger charge is 2.07. The van der Waals surface area contributed by atoms with Gasteiger partial charge in [0.05, 0.1) is 11.1 Å². The van der Waals surface area contributed by atoms with Crippen molar-refractivity contribution in [2.75, 3.05) is 0 Å². The third-order valence-electron chi connectivity index (χ3n) is 2.57. The number of hydrogen-bond acceptors (Lipinski definition) is 3. The maximum absolute atomic E-state index is 9.15. The smallest absolute Gasteiger partial charge is 0.156 e. The lowest BCUT2D eigenvalue weighted by molar-refractivity contribution is 0.999. The summed E-state index contributed by atoms with van der Waals surface area (Å²) >= 11 is 0. The summed E-state index contributed by atoms with van der Waals surface area (Å²) < 4.78 is 1.74. The van der Waals surface area contributed by atoms with E-state index in [1.807, 2.05) is 30.3 Å². The van der Waals surface area contributed by atoms with E-state index in [0.29, 0.717) is 11.4 Å². The zero-order chi connectivity index (χ0) is 11.7. The number of imidazole rings is 1. The van der Waals surface area contributed by atoms with Crippen LogP contribution in [-0.4, -0.2) is 14.5 Å². The summed E-state index contributed by atoms with van der Waals surface area (Å²) in [4.78, 5) is 8.46. The predicted molar refractivity (Wildman–Crippen MR) is 63.6 cm³/mol. The van der Waals surface area contributed by atoms with Gasteiger partial charge >= 0.3 is 0 Å². The molecular formula is C13H8N4. The molecule has 2 aromatic heterocycles. The summed E-state index contributed by atoms with van der Waals surface area (Å²) in [5, 5.41) is 10.1. The number of benzene rings is 1. The van der Waals surface area contributed by atoms with Gasteiger partial charge in [0.25, 0.3) is 0 Å². The average Bonchev–Trinajstić information content (AvgIpc) is 2.91. The van der Waals surface area contributed by atoms with Gasteiger partial charge in [-0.1, -0.05) is 18.2 Å². The first-order chi connectivity index (χ1) is 8.38. The van der Waals surface area contributed by atoms with Crippen molar-refractivity contribution >= 4 is 10.9 Å². The Morgan fingerprint density at radius 2 is 2.12 bits per heavy atom. The number of pyridine rings is 1. The van der Waals surface area contributed by atoms with Gasteiger partial charge in [-0.2, -0.15) is 5.26 Å². The molecule has 0 spiro atoms. The van der Waals surface area contributed by atoms with Crippen molar-refractivity contribution in [2.24, 2.45) is 0 Å². The van der Waals surface area contributed by atoms with Crippen molar-refractivity contribution < 1.29 is 0 Å². The molecule has 0 aliphatic rings. The minimum atomic E-state index is 0.543. The van der Waals surface area contributed by atoms with Gasteiger partial charge in [0.15, 0.2) is 5.82 Å². The largest absolute Gasteiger partial charge is 0.289 e. The Hall–Kier alpha value is -2.67. The zero-order valence-electron chi connectivity index (χ0n) is 8.91. The number of nitrogens with zero attached hydrogens (tertiary/aromatic N) is 4. The van der Waals surface area contributed by atoms with Gasteiger partial charge in [-0.3, -0.25) is 4.57 Å². The Bertz CT molecular complexity index is 708. The van der Waals surface area contributed by atoms with E-state index in [2.05, 4.69) is 16.0 Å². The van der Waals surface area contributed by atoms with Gasteiger partial charge < -0.3 is 0 Å². The first-order valence-corrected chi connectivity index (χ1v) is 5.17. The third kappa shape index (κ3) is 1.54. The Balaban J connectivity index is 2.34. The molecule has 2 heterocycles. The van der Waals surface area contributed by atoms with Crippen LogP contribution in [0.4, 0.5) is 0 Å². The maximum atomic E-state index is 9.15. The lowest BCUT2D eigenvalue weighted by Gasteiger charge is -2.05. The molecule has 1 aromatic carbocycles. The number of nitriles is 1. The normalized spacial score (nSPS) is 10.3. The molecule has 4 heteroatoms. The standard InChI is InChI=1S/C13H8N4/c14-8-11-7-10-3-1-2-4-12(10)16-13(11)17-6-5-15-9-17/h1-7,9H. The maximum Gasteiger partial charge on any atom is 0.156 e. The molecular weight excluding hydrogens is 212 g/mol. The molecule has 80 valence electrons. The molecule has 0 N–H and O–H groups in total. The highest BCUT2D eigenvalue weighted by molar-refractivity contribution is 5.81. The van der Waals surface area contributed by atoms with E-state index in [0.717, 1.165) is 10.9 Å². The molecule has 0 amide bonds. The molecule has 4 nitrogen and oxygen atoms in total. The van der Waals surface area contributed by atoms with Crippen LogP contribution in [-0.2, 0) is 0 Å². The first kappa shape index (κ1) is 9.55. The molecule has 0 saturated heterocycles. The van der Waals surface area contributed by atoms with Gasteiger partial charge in [0.2, 0.25) is 0 Å². The summed E-state index contributed by atoms with van der Waals surface area (Å²) in [7, 11) is 0. The van der Waals surface area contributed by atoms with Crippen molar-refractivity contribution in [2.45, 2.75) is 0 Å². The lowest BCUT2D eigenvalue weighted by atomic mass is 10.1. The van der Waals surface area contributed by atoms with Crippen LogP contribution in [0.15, 0.2) is 49.1 Å². The van der Waals surface area contributed by atoms with Crippen LogP contribution in [0, 0.1) is 11.3 Å². The molecule has 17 heavy (non-hydrogen) atoms. The van der Waals surface area contributed by atoms with E-state index < -0.39 is 0 Å². The molecule has 0 fully saturated rings. The van der Waals surface area contributed by atoms with E-state index in [4.69, 9.17) is 5.26 Å². The van der Waals surface area contributed by atoms with E-state index in [1.165, 1.54) is 0 Å². The van der Waals surface area contributed by atoms with Gasteiger partial charge in [-0.05, 0) is 12.1 Å². The molecule has 0 atom stereocenters. The quantitative estimate of drug-likeness (QED) is 0.632. The van der Waals surface area contributed by atoms with Crippen LogP contribution in [0.2, 0.25) is 0 Å². The van der Waals surface area contributed by atoms with Crippen molar-refractivity contribution in [3.05, 3.63) is 54.6 Å². The van der Waals surface area contributed by atoms with Crippen molar-refractivity contribution in [1.82, 2.24) is 14.5 Å². The molecule has 3 aromatic rings. The first-order valence-electron chi connectivity index (χ1n) is 5.17. The third-order valence-corrected chi connectivity index (χ3v) is 2.57. The van der Waals surface area contributed by atoms with E-state index in [1.54, 1.807) is 23.3 Å². The second-order valence-electron chi connectivity index (χ2n) is 3.63. The molecule has 0 aliphatic heterocycles. The van der Waals surface area contributed by atoms with Crippen LogP contribution in [0.3, 0.4) is 0 Å². The van der Waals surface area contributed by atoms with Crippen molar-refractivity contribution in [1.29, 1.82) is 5.26 Å². The Morgan fingerprint density at radius 3 is 2.88 bits per heavy atom. The summed E-state index contributed by atoms with van der Waals surface area (Å²) in [5.41, 5.74) is 1.41. The monoisotopic (exact) mass is 220 g/mol. The summed E-state index contributed by atoms with van der Waals surface area (Å²) in [6.45, 7) is 0. The minimum absolute atomic E-state index is 0.543. The highest BCUT2D eigenvalue weighted by Crippen LogP contribution is 2.18. The summed E-state index contributed by atoms with van der Waals surface area (Å²) in [5.74, 6) is 0.615. The van der Waals surface area contributed by atoms with Crippen LogP contribution < -0.4 is 0 Å². The molecule has 0 unspecified atom stereocenters. The SMILES string of the molecule is N#Cc1cc2ccccc2nc1-n1ccnc1. The van der Waals surface area contributed by atoms with E-state index in [9.17, 15) is 0 Å². The van der Waals surface area contributed by atoms with Crippen molar-refractivity contribution in [3.8, 4) is 11.9 Å². The average molecular weight is 220 g/mol. The second kappa shape index (κ2) is 3.72. The van der Waals surface area contributed by atoms with Crippen LogP contribution >= 0.6 is 0 Å². The Labute approximate surface area is 97.8 Å². The lowest BCUT2D eigenvalue weighted by Crippen LogP contribution is -1.98. The molecule has 0 aliphatic carbocycles. The number of aromatic nitrogens is 3. The highest BCUT2D eigenvalue weighted by atomic mass is 15.1. The van der Waals surface area contributed by atoms with Gasteiger partial charge in [-0.15, -0.1) is 0 Å². The van der Waals surface area contributed by atoms with E-state index in [-0.39, 0.29) is 0 Å². The number of fused-ring (bicyclic) bond motifs is 1.